The molecule has 8 amide bonds. The van der Waals surface area contributed by atoms with Gasteiger partial charge in [-0.3, -0.25) is 48.3 Å². The molecule has 16 N–H and O–H groups in total. The fourth-order valence-corrected chi connectivity index (χ4v) is 6.41. The SMILES string of the molecule is CC(CN=C(N)N)CC(NC(=O)CNC=O)C(=O)NCC(=O)NC(C(=O)NCC(=O)NC(Cc1ccccc1)C(=O)NCC(=O)NC(C)Cc1ccccc1)C(C)(C)C(C)CN=C(N)N. The smallest absolute Gasteiger partial charge is 0.243 e. The van der Waals surface area contributed by atoms with E-state index in [2.05, 4.69) is 52.5 Å². The summed E-state index contributed by atoms with van der Waals surface area (Å²) in [5.74, 6) is -5.94. The van der Waals surface area contributed by atoms with Crippen molar-refractivity contribution >= 4 is 59.7 Å². The highest BCUT2D eigenvalue weighted by Crippen LogP contribution is 2.31. The summed E-state index contributed by atoms with van der Waals surface area (Å²) in [6, 6.07) is 14.6. The summed E-state index contributed by atoms with van der Waals surface area (Å²) in [5.41, 5.74) is 22.6. The van der Waals surface area contributed by atoms with E-state index in [1.165, 1.54) is 0 Å². The lowest BCUT2D eigenvalue weighted by Gasteiger charge is -2.38. The lowest BCUT2D eigenvalue weighted by atomic mass is 9.73. The summed E-state index contributed by atoms with van der Waals surface area (Å²) < 4.78 is 0. The van der Waals surface area contributed by atoms with Crippen molar-refractivity contribution in [3.05, 3.63) is 71.8 Å². The number of rotatable bonds is 28. The summed E-state index contributed by atoms with van der Waals surface area (Å²) in [6.07, 6.45) is 1.02. The fraction of sp³-hybridized carbons (Fsp3) is 0.488. The van der Waals surface area contributed by atoms with Crippen molar-refractivity contribution in [2.45, 2.75) is 78.0 Å². The van der Waals surface area contributed by atoms with Crippen LogP contribution in [0.5, 0.6) is 0 Å². The molecule has 0 spiro atoms. The fourth-order valence-electron chi connectivity index (χ4n) is 6.41. The minimum atomic E-state index is -1.33. The van der Waals surface area contributed by atoms with Gasteiger partial charge in [-0.05, 0) is 48.1 Å². The van der Waals surface area contributed by atoms with E-state index < -0.39 is 90.4 Å². The predicted octanol–water partition coefficient (Wildman–Crippen LogP) is -3.24. The van der Waals surface area contributed by atoms with Crippen LogP contribution in [0.1, 0.15) is 52.2 Å². The van der Waals surface area contributed by atoms with Crippen LogP contribution in [0.4, 0.5) is 0 Å². The number of amides is 8. The summed E-state index contributed by atoms with van der Waals surface area (Å²) >= 11 is 0. The molecule has 2 aromatic carbocycles. The number of benzene rings is 2. The van der Waals surface area contributed by atoms with E-state index in [4.69, 9.17) is 22.9 Å². The number of guanidine groups is 2. The van der Waals surface area contributed by atoms with E-state index in [0.717, 1.165) is 5.56 Å². The molecule has 0 aliphatic heterocycles. The molecule has 6 atom stereocenters. The van der Waals surface area contributed by atoms with Gasteiger partial charge in [-0.25, -0.2) is 0 Å². The van der Waals surface area contributed by atoms with E-state index in [1.54, 1.807) is 58.0 Å². The lowest BCUT2D eigenvalue weighted by Crippen LogP contribution is -2.60. The first-order valence-electron chi connectivity index (χ1n) is 21.1. The molecule has 22 nitrogen and oxygen atoms in total. The zero-order valence-electron chi connectivity index (χ0n) is 37.6. The Labute approximate surface area is 379 Å². The first-order chi connectivity index (χ1) is 30.7. The third kappa shape index (κ3) is 21.1. The Morgan fingerprint density at radius 3 is 1.57 bits per heavy atom. The molecule has 65 heavy (non-hydrogen) atoms. The molecule has 0 fully saturated rings. The van der Waals surface area contributed by atoms with Gasteiger partial charge in [0.2, 0.25) is 47.8 Å². The summed E-state index contributed by atoms with van der Waals surface area (Å²) in [6.45, 7) is 6.87. The van der Waals surface area contributed by atoms with Gasteiger partial charge in [-0.1, -0.05) is 88.4 Å². The molecular formula is C43H66N14O8. The van der Waals surface area contributed by atoms with Gasteiger partial charge in [0.05, 0.1) is 26.2 Å². The third-order valence-corrected chi connectivity index (χ3v) is 10.3. The molecule has 0 aromatic heterocycles. The molecule has 356 valence electrons. The monoisotopic (exact) mass is 907 g/mol. The summed E-state index contributed by atoms with van der Waals surface area (Å²) in [4.78, 5) is 111. The van der Waals surface area contributed by atoms with Gasteiger partial charge < -0.3 is 65.5 Å². The normalized spacial score (nSPS) is 13.6. The largest absolute Gasteiger partial charge is 0.370 e. The second-order valence-corrected chi connectivity index (χ2v) is 16.3. The molecule has 6 unspecified atom stereocenters. The lowest BCUT2D eigenvalue weighted by molar-refractivity contribution is -0.135. The molecule has 0 heterocycles. The van der Waals surface area contributed by atoms with E-state index in [1.807, 2.05) is 37.3 Å². The number of aliphatic imine (C=N–C) groups is 2. The Hall–Kier alpha value is -7.26. The van der Waals surface area contributed by atoms with E-state index in [9.17, 15) is 38.4 Å². The van der Waals surface area contributed by atoms with Crippen molar-refractivity contribution in [3.63, 3.8) is 0 Å². The number of hydrogen-bond donors (Lipinski definition) is 12. The maximum Gasteiger partial charge on any atom is 0.243 e. The Kier molecular flexibility index (Phi) is 23.0. The number of carbonyl (C=O) groups excluding carboxylic acids is 8. The molecule has 22 heteroatoms. The van der Waals surface area contributed by atoms with Crippen LogP contribution in [0.25, 0.3) is 0 Å². The maximum absolute atomic E-state index is 13.9. The molecule has 0 aliphatic carbocycles. The van der Waals surface area contributed by atoms with Gasteiger partial charge in [0.25, 0.3) is 0 Å². The predicted molar refractivity (Wildman–Crippen MR) is 245 cm³/mol. The van der Waals surface area contributed by atoms with Gasteiger partial charge in [0, 0.05) is 25.6 Å². The van der Waals surface area contributed by atoms with Crippen LogP contribution in [-0.2, 0) is 51.2 Å². The van der Waals surface area contributed by atoms with E-state index in [0.29, 0.717) is 18.4 Å². The Morgan fingerprint density at radius 2 is 1.03 bits per heavy atom. The first kappa shape index (κ1) is 53.9. The van der Waals surface area contributed by atoms with Crippen molar-refractivity contribution in [1.29, 1.82) is 0 Å². The molecule has 0 bridgehead atoms. The van der Waals surface area contributed by atoms with Gasteiger partial charge in [0.15, 0.2) is 11.9 Å². The highest BCUT2D eigenvalue weighted by Gasteiger charge is 2.41. The summed E-state index contributed by atoms with van der Waals surface area (Å²) in [7, 11) is 0. The van der Waals surface area contributed by atoms with Crippen LogP contribution in [-0.4, -0.2) is 123 Å². The molecular weight excluding hydrogens is 841 g/mol. The quantitative estimate of drug-likeness (QED) is 0.0228. The van der Waals surface area contributed by atoms with Gasteiger partial charge >= 0.3 is 0 Å². The van der Waals surface area contributed by atoms with E-state index >= 15 is 0 Å². The minimum absolute atomic E-state index is 0.0527. The third-order valence-electron chi connectivity index (χ3n) is 10.3. The van der Waals surface area contributed by atoms with E-state index in [-0.39, 0.29) is 56.4 Å². The molecule has 2 aromatic rings. The maximum atomic E-state index is 13.9. The summed E-state index contributed by atoms with van der Waals surface area (Å²) in [5, 5.41) is 20.4. The van der Waals surface area contributed by atoms with Crippen LogP contribution in [0, 0.1) is 17.3 Å². The van der Waals surface area contributed by atoms with Crippen molar-refractivity contribution in [3.8, 4) is 0 Å². The Balaban J connectivity index is 2.19. The van der Waals surface area contributed by atoms with Crippen LogP contribution in [0.15, 0.2) is 70.6 Å². The van der Waals surface area contributed by atoms with Crippen molar-refractivity contribution < 1.29 is 38.4 Å². The van der Waals surface area contributed by atoms with Crippen molar-refractivity contribution in [1.82, 2.24) is 42.5 Å². The van der Waals surface area contributed by atoms with Crippen molar-refractivity contribution in [2.75, 3.05) is 39.3 Å². The van der Waals surface area contributed by atoms with Crippen molar-refractivity contribution in [2.24, 2.45) is 50.2 Å². The van der Waals surface area contributed by atoms with Gasteiger partial charge in [-0.15, -0.1) is 0 Å². The molecule has 2 rings (SSSR count). The average molecular weight is 907 g/mol. The topological polar surface area (TPSA) is 362 Å². The number of nitrogens with one attached hydrogen (secondary N) is 8. The highest BCUT2D eigenvalue weighted by molar-refractivity contribution is 5.95. The van der Waals surface area contributed by atoms with Crippen LogP contribution in [0.2, 0.25) is 0 Å². The average Bonchev–Trinajstić information content (AvgIpc) is 3.26. The minimum Gasteiger partial charge on any atom is -0.370 e. The van der Waals surface area contributed by atoms with Crippen LogP contribution < -0.4 is 65.5 Å². The second-order valence-electron chi connectivity index (χ2n) is 16.3. The molecule has 0 radical (unpaired) electrons. The zero-order chi connectivity index (χ0) is 48.5. The number of carbonyl (C=O) groups is 8. The van der Waals surface area contributed by atoms with Gasteiger partial charge in [0.1, 0.15) is 18.1 Å². The van der Waals surface area contributed by atoms with Crippen LogP contribution >= 0.6 is 0 Å². The van der Waals surface area contributed by atoms with Crippen LogP contribution in [0.3, 0.4) is 0 Å². The highest BCUT2D eigenvalue weighted by atomic mass is 16.2. The number of hydrogen-bond acceptors (Lipinski definition) is 10. The molecule has 0 saturated heterocycles. The number of nitrogens with zero attached hydrogens (tertiary/aromatic N) is 2. The Bertz CT molecular complexity index is 1960. The first-order valence-corrected chi connectivity index (χ1v) is 21.1. The standard InChI is InChI=1S/C43H66N14O8/c1-26(19-52-41(44)45)16-31(55-33(59)21-48-25-58)38(63)50-24-36(62)57-37(43(4,5)27(2)20-53-42(46)47)40(65)51-23-35(61)56-32(18-30-14-10-7-11-15-30)39(64)49-22-34(60)54-28(3)17-29-12-8-6-9-13-29/h6-15,25-28,31-32,37H,16-24H2,1-5H3,(H,48,58)(H,49,64)(H,50,63)(H,51,65)(H,54,60)(H,55,59)(H,56,61)(H,57,62)(H4,44,45,52)(H4,46,47,53). The molecule has 0 aliphatic rings. The molecule has 0 saturated carbocycles. The second kappa shape index (κ2) is 27.7. The Morgan fingerprint density at radius 1 is 0.585 bits per heavy atom. The zero-order valence-corrected chi connectivity index (χ0v) is 37.6. The number of nitrogens with two attached hydrogens (primary N) is 4. The van der Waals surface area contributed by atoms with Gasteiger partial charge in [-0.2, -0.15) is 0 Å².